The van der Waals surface area contributed by atoms with Crippen LogP contribution in [0, 0.1) is 6.92 Å². The molecule has 0 saturated heterocycles. The molecule has 0 spiro atoms. The van der Waals surface area contributed by atoms with E-state index in [4.69, 9.17) is 10.3 Å². The van der Waals surface area contributed by atoms with Gasteiger partial charge in [-0.1, -0.05) is 5.11 Å². The van der Waals surface area contributed by atoms with Crippen LogP contribution in [-0.2, 0) is 10.2 Å². The van der Waals surface area contributed by atoms with Gasteiger partial charge in [0.25, 0.3) is 0 Å². The molecule has 6 heteroatoms. The molecular formula is C15H18N4O2. The zero-order valence-corrected chi connectivity index (χ0v) is 12.4. The van der Waals surface area contributed by atoms with Gasteiger partial charge < -0.3 is 10.1 Å². The Hall–Kier alpha value is -2.20. The van der Waals surface area contributed by atoms with Crippen LogP contribution < -0.4 is 10.1 Å². The predicted octanol–water partition coefficient (Wildman–Crippen LogP) is 3.40. The second-order valence-electron chi connectivity index (χ2n) is 6.19. The van der Waals surface area contributed by atoms with E-state index < -0.39 is 5.41 Å². The highest BCUT2D eigenvalue weighted by Crippen LogP contribution is 2.51. The van der Waals surface area contributed by atoms with E-state index in [0.717, 1.165) is 34.5 Å². The Bertz CT molecular complexity index is 675. The fourth-order valence-corrected chi connectivity index (χ4v) is 3.20. The van der Waals surface area contributed by atoms with Crippen molar-refractivity contribution in [3.63, 3.8) is 0 Å². The summed E-state index contributed by atoms with van der Waals surface area (Å²) in [7, 11) is 0. The Morgan fingerprint density at radius 1 is 1.57 bits per heavy atom. The molecule has 1 amide bonds. The van der Waals surface area contributed by atoms with Crippen LogP contribution >= 0.6 is 0 Å². The fourth-order valence-electron chi connectivity index (χ4n) is 3.20. The number of rotatable bonds is 3. The first-order chi connectivity index (χ1) is 9.96. The van der Waals surface area contributed by atoms with Crippen molar-refractivity contribution in [1.29, 1.82) is 0 Å². The molecule has 0 aliphatic carbocycles. The normalized spacial score (nSPS) is 21.1. The van der Waals surface area contributed by atoms with E-state index in [0.29, 0.717) is 13.2 Å². The number of hydrogen-bond donors (Lipinski definition) is 1. The highest BCUT2D eigenvalue weighted by molar-refractivity contribution is 6.07. The van der Waals surface area contributed by atoms with Crippen LogP contribution in [0.5, 0.6) is 5.75 Å². The molecule has 3 rings (SSSR count). The maximum absolute atomic E-state index is 12.2. The maximum Gasteiger partial charge on any atom is 0.234 e. The van der Waals surface area contributed by atoms with Crippen molar-refractivity contribution in [3.8, 4) is 5.75 Å². The van der Waals surface area contributed by atoms with Gasteiger partial charge in [-0.15, -0.1) is 0 Å². The zero-order chi connectivity index (χ0) is 15.2. The molecule has 1 atom stereocenters. The molecule has 0 saturated carbocycles. The predicted molar refractivity (Wildman–Crippen MR) is 79.7 cm³/mol. The van der Waals surface area contributed by atoms with E-state index in [1.54, 1.807) is 0 Å². The Kier molecular flexibility index (Phi) is 3.06. The maximum atomic E-state index is 12.2. The summed E-state index contributed by atoms with van der Waals surface area (Å²) in [5.41, 5.74) is 11.8. The second-order valence-corrected chi connectivity index (χ2v) is 6.19. The average molecular weight is 286 g/mol. The van der Waals surface area contributed by atoms with Gasteiger partial charge in [0.15, 0.2) is 0 Å². The molecule has 1 aromatic carbocycles. The Labute approximate surface area is 123 Å². The monoisotopic (exact) mass is 286 g/mol. The minimum absolute atomic E-state index is 0.00938. The molecule has 0 radical (unpaired) electrons. The highest BCUT2D eigenvalue weighted by Gasteiger charge is 2.44. The molecule has 0 fully saturated rings. The number of benzene rings is 1. The van der Waals surface area contributed by atoms with E-state index in [1.807, 2.05) is 20.8 Å². The number of carbonyl (C=O) groups is 1. The van der Waals surface area contributed by atoms with Gasteiger partial charge in [-0.2, -0.15) is 0 Å². The van der Waals surface area contributed by atoms with Crippen LogP contribution in [0.25, 0.3) is 10.4 Å². The topological polar surface area (TPSA) is 87.1 Å². The van der Waals surface area contributed by atoms with Crippen molar-refractivity contribution in [1.82, 2.24) is 0 Å². The lowest BCUT2D eigenvalue weighted by Crippen LogP contribution is -2.27. The number of anilines is 1. The van der Waals surface area contributed by atoms with Gasteiger partial charge in [0.1, 0.15) is 5.75 Å². The third kappa shape index (κ3) is 1.94. The van der Waals surface area contributed by atoms with Crippen LogP contribution in [-0.4, -0.2) is 19.1 Å². The molecule has 2 heterocycles. The van der Waals surface area contributed by atoms with Crippen LogP contribution in [0.15, 0.2) is 11.2 Å². The van der Waals surface area contributed by atoms with E-state index in [2.05, 4.69) is 21.4 Å². The standard InChI is InChI=1S/C15H18N4O2/c1-8-6-10-9(4-5-17-19-16)7-21-13(10)11-12(8)18-14(20)15(11,2)3/h6,9H,4-5,7H2,1-3H3,(H,18,20). The number of ether oxygens (including phenoxy) is 1. The van der Waals surface area contributed by atoms with Crippen LogP contribution in [0.3, 0.4) is 0 Å². The van der Waals surface area contributed by atoms with Gasteiger partial charge in [0, 0.05) is 28.5 Å². The number of nitrogens with one attached hydrogen (secondary N) is 1. The van der Waals surface area contributed by atoms with Crippen LogP contribution in [0.4, 0.5) is 5.69 Å². The lowest BCUT2D eigenvalue weighted by atomic mass is 9.82. The minimum atomic E-state index is -0.578. The minimum Gasteiger partial charge on any atom is -0.492 e. The van der Waals surface area contributed by atoms with Gasteiger partial charge in [-0.3, -0.25) is 4.79 Å². The summed E-state index contributed by atoms with van der Waals surface area (Å²) in [6.07, 6.45) is 0.761. The quantitative estimate of drug-likeness (QED) is 0.524. The summed E-state index contributed by atoms with van der Waals surface area (Å²) in [4.78, 5) is 15.0. The fraction of sp³-hybridized carbons (Fsp3) is 0.533. The molecule has 2 aliphatic rings. The van der Waals surface area contributed by atoms with Crippen molar-refractivity contribution >= 4 is 11.6 Å². The van der Waals surface area contributed by atoms with Gasteiger partial charge in [0.2, 0.25) is 5.91 Å². The van der Waals surface area contributed by atoms with Gasteiger partial charge in [-0.25, -0.2) is 0 Å². The lowest BCUT2D eigenvalue weighted by Gasteiger charge is -2.19. The SMILES string of the molecule is Cc1cc2c(c3c1NC(=O)C3(C)C)OCC2CCN=[N+]=[N-]. The van der Waals surface area contributed by atoms with Crippen LogP contribution in [0.1, 0.15) is 42.9 Å². The third-order valence-corrected chi connectivity index (χ3v) is 4.45. The molecule has 2 aliphatic heterocycles. The van der Waals surface area contributed by atoms with E-state index in [1.165, 1.54) is 0 Å². The summed E-state index contributed by atoms with van der Waals surface area (Å²) in [6.45, 7) is 6.88. The summed E-state index contributed by atoms with van der Waals surface area (Å²) in [5.74, 6) is 1.07. The van der Waals surface area contributed by atoms with E-state index >= 15 is 0 Å². The number of amides is 1. The second kappa shape index (κ2) is 4.67. The zero-order valence-electron chi connectivity index (χ0n) is 12.4. The lowest BCUT2D eigenvalue weighted by molar-refractivity contribution is -0.119. The number of hydrogen-bond acceptors (Lipinski definition) is 3. The van der Waals surface area contributed by atoms with Crippen molar-refractivity contribution in [2.45, 2.75) is 38.5 Å². The summed E-state index contributed by atoms with van der Waals surface area (Å²) >= 11 is 0. The molecule has 1 unspecified atom stereocenters. The molecule has 110 valence electrons. The van der Waals surface area contributed by atoms with Crippen molar-refractivity contribution < 1.29 is 9.53 Å². The highest BCUT2D eigenvalue weighted by atomic mass is 16.5. The summed E-state index contributed by atoms with van der Waals surface area (Å²) in [5, 5.41) is 6.57. The number of nitrogens with zero attached hydrogens (tertiary/aromatic N) is 3. The van der Waals surface area contributed by atoms with Gasteiger partial charge in [0.05, 0.1) is 17.7 Å². The molecule has 6 nitrogen and oxygen atoms in total. The van der Waals surface area contributed by atoms with Gasteiger partial charge in [-0.05, 0) is 44.4 Å². The third-order valence-electron chi connectivity index (χ3n) is 4.45. The first kappa shape index (κ1) is 13.8. The summed E-state index contributed by atoms with van der Waals surface area (Å²) in [6, 6.07) is 2.09. The molecular weight excluding hydrogens is 268 g/mol. The van der Waals surface area contributed by atoms with Crippen molar-refractivity contribution in [2.24, 2.45) is 5.11 Å². The molecule has 1 N–H and O–H groups in total. The Morgan fingerprint density at radius 3 is 3.05 bits per heavy atom. The Morgan fingerprint density at radius 2 is 2.33 bits per heavy atom. The summed E-state index contributed by atoms with van der Waals surface area (Å²) < 4.78 is 5.90. The smallest absolute Gasteiger partial charge is 0.234 e. The number of fused-ring (bicyclic) bond motifs is 3. The van der Waals surface area contributed by atoms with Gasteiger partial charge >= 0.3 is 0 Å². The Balaban J connectivity index is 2.05. The largest absolute Gasteiger partial charge is 0.492 e. The molecule has 1 aromatic rings. The van der Waals surface area contributed by atoms with Crippen LogP contribution in [0.2, 0.25) is 0 Å². The number of azide groups is 1. The first-order valence-corrected chi connectivity index (χ1v) is 7.10. The van der Waals surface area contributed by atoms with Crippen molar-refractivity contribution in [3.05, 3.63) is 33.2 Å². The van der Waals surface area contributed by atoms with E-state index in [-0.39, 0.29) is 11.8 Å². The van der Waals surface area contributed by atoms with Crippen molar-refractivity contribution in [2.75, 3.05) is 18.5 Å². The first-order valence-electron chi connectivity index (χ1n) is 7.10. The molecule has 0 bridgehead atoms. The molecule has 0 aromatic heterocycles. The average Bonchev–Trinajstić information content (AvgIpc) is 2.91. The number of aryl methyl sites for hydroxylation is 1. The van der Waals surface area contributed by atoms with E-state index in [9.17, 15) is 4.79 Å². The number of carbonyl (C=O) groups excluding carboxylic acids is 1. The molecule has 21 heavy (non-hydrogen) atoms.